The Morgan fingerprint density at radius 1 is 1.04 bits per heavy atom. The number of carbonyl (C=O) groups is 2. The van der Waals surface area contributed by atoms with E-state index in [1.165, 1.54) is 13.0 Å². The summed E-state index contributed by atoms with van der Waals surface area (Å²) in [5, 5.41) is 0. The van der Waals surface area contributed by atoms with Gasteiger partial charge in [-0.25, -0.2) is 8.42 Å². The van der Waals surface area contributed by atoms with Gasteiger partial charge < -0.3 is 9.80 Å². The van der Waals surface area contributed by atoms with Gasteiger partial charge in [-0.15, -0.1) is 0 Å². The van der Waals surface area contributed by atoms with Crippen molar-refractivity contribution in [3.63, 3.8) is 0 Å². The Kier molecular flexibility index (Phi) is 4.58. The highest BCUT2D eigenvalue weighted by atomic mass is 32.2. The van der Waals surface area contributed by atoms with Crippen LogP contribution in [0.1, 0.15) is 25.3 Å². The Bertz CT molecular complexity index is 1050. The maximum atomic E-state index is 12.8. The largest absolute Gasteiger partial charge is 0.312 e. The van der Waals surface area contributed by atoms with Crippen LogP contribution >= 0.6 is 0 Å². The SMILES string of the molecule is CC(=O)N1CCc2cc(S(=O)(=O)Nc3ccc(N4CCCC4=O)cc3)ccc21. The third-order valence-electron chi connectivity index (χ3n) is 5.14. The van der Waals surface area contributed by atoms with E-state index in [1.54, 1.807) is 46.2 Å². The molecule has 146 valence electrons. The van der Waals surface area contributed by atoms with Gasteiger partial charge in [0.1, 0.15) is 0 Å². The van der Waals surface area contributed by atoms with Crippen molar-refractivity contribution in [1.82, 2.24) is 0 Å². The van der Waals surface area contributed by atoms with E-state index in [1.807, 2.05) is 0 Å². The Hall–Kier alpha value is -2.87. The first kappa shape index (κ1) is 18.5. The molecule has 2 aliphatic heterocycles. The molecule has 1 N–H and O–H groups in total. The van der Waals surface area contributed by atoms with E-state index >= 15 is 0 Å². The zero-order chi connectivity index (χ0) is 19.9. The smallest absolute Gasteiger partial charge is 0.261 e. The zero-order valence-corrected chi connectivity index (χ0v) is 16.3. The molecule has 0 spiro atoms. The molecule has 2 amide bonds. The summed E-state index contributed by atoms with van der Waals surface area (Å²) >= 11 is 0. The summed E-state index contributed by atoms with van der Waals surface area (Å²) in [6, 6.07) is 11.6. The van der Waals surface area contributed by atoms with Crippen molar-refractivity contribution in [2.75, 3.05) is 27.6 Å². The lowest BCUT2D eigenvalue weighted by molar-refractivity contribution is -0.117. The topological polar surface area (TPSA) is 86.8 Å². The predicted octanol–water partition coefficient (Wildman–Crippen LogP) is 2.52. The number of amides is 2. The van der Waals surface area contributed by atoms with E-state index in [4.69, 9.17) is 0 Å². The number of hydrogen-bond donors (Lipinski definition) is 1. The first-order valence-electron chi connectivity index (χ1n) is 9.19. The van der Waals surface area contributed by atoms with Crippen LogP contribution in [-0.4, -0.2) is 33.3 Å². The number of nitrogens with zero attached hydrogens (tertiary/aromatic N) is 2. The Balaban J connectivity index is 1.53. The molecule has 2 aromatic rings. The van der Waals surface area contributed by atoms with Crippen LogP contribution in [-0.2, 0) is 26.0 Å². The highest BCUT2D eigenvalue weighted by molar-refractivity contribution is 7.92. The van der Waals surface area contributed by atoms with Gasteiger partial charge in [-0.05, 0) is 60.9 Å². The zero-order valence-electron chi connectivity index (χ0n) is 15.5. The van der Waals surface area contributed by atoms with Gasteiger partial charge in [0.2, 0.25) is 11.8 Å². The summed E-state index contributed by atoms with van der Waals surface area (Å²) in [7, 11) is -3.75. The second kappa shape index (κ2) is 6.94. The van der Waals surface area contributed by atoms with Crippen LogP contribution in [0.15, 0.2) is 47.4 Å². The van der Waals surface area contributed by atoms with Crippen molar-refractivity contribution >= 4 is 38.9 Å². The van der Waals surface area contributed by atoms with Gasteiger partial charge in [0.25, 0.3) is 10.0 Å². The molecule has 2 aliphatic rings. The van der Waals surface area contributed by atoms with Gasteiger partial charge in [-0.2, -0.15) is 0 Å². The van der Waals surface area contributed by atoms with Crippen molar-refractivity contribution in [2.24, 2.45) is 0 Å². The molecule has 7 nitrogen and oxygen atoms in total. The number of benzene rings is 2. The molecule has 1 fully saturated rings. The van der Waals surface area contributed by atoms with Crippen molar-refractivity contribution in [2.45, 2.75) is 31.1 Å². The van der Waals surface area contributed by atoms with Crippen molar-refractivity contribution in [1.29, 1.82) is 0 Å². The number of anilines is 3. The lowest BCUT2D eigenvalue weighted by Crippen LogP contribution is -2.25. The Labute approximate surface area is 164 Å². The fourth-order valence-corrected chi connectivity index (χ4v) is 4.83. The summed E-state index contributed by atoms with van der Waals surface area (Å²) in [4.78, 5) is 27.0. The fraction of sp³-hybridized carbons (Fsp3) is 0.300. The van der Waals surface area contributed by atoms with Crippen molar-refractivity contribution < 1.29 is 18.0 Å². The van der Waals surface area contributed by atoms with E-state index < -0.39 is 10.0 Å². The van der Waals surface area contributed by atoms with Gasteiger partial charge in [0, 0.05) is 43.5 Å². The average molecular weight is 399 g/mol. The van der Waals surface area contributed by atoms with E-state index in [0.29, 0.717) is 31.6 Å². The minimum Gasteiger partial charge on any atom is -0.312 e. The number of hydrogen-bond acceptors (Lipinski definition) is 4. The van der Waals surface area contributed by atoms with Crippen LogP contribution in [0.25, 0.3) is 0 Å². The molecule has 0 radical (unpaired) electrons. The molecule has 0 unspecified atom stereocenters. The van der Waals surface area contributed by atoms with E-state index in [9.17, 15) is 18.0 Å². The normalized spacial score (nSPS) is 16.4. The molecule has 2 aromatic carbocycles. The average Bonchev–Trinajstić information content (AvgIpc) is 3.27. The van der Waals surface area contributed by atoms with Crippen LogP contribution in [0.4, 0.5) is 17.1 Å². The predicted molar refractivity (Wildman–Crippen MR) is 107 cm³/mol. The summed E-state index contributed by atoms with van der Waals surface area (Å²) in [5.41, 5.74) is 2.82. The lowest BCUT2D eigenvalue weighted by atomic mass is 10.2. The van der Waals surface area contributed by atoms with Crippen LogP contribution in [0.2, 0.25) is 0 Å². The third-order valence-corrected chi connectivity index (χ3v) is 6.52. The minimum atomic E-state index is -3.75. The van der Waals surface area contributed by atoms with Gasteiger partial charge in [-0.3, -0.25) is 14.3 Å². The minimum absolute atomic E-state index is 0.0518. The summed E-state index contributed by atoms with van der Waals surface area (Å²) in [6.45, 7) is 2.76. The standard InChI is InChI=1S/C20H21N3O4S/c1-14(24)22-12-10-15-13-18(8-9-19(15)22)28(26,27)21-16-4-6-17(7-5-16)23-11-2-3-20(23)25/h4-9,13,21H,2-3,10-12H2,1H3. The van der Waals surface area contributed by atoms with E-state index in [0.717, 1.165) is 23.4 Å². The van der Waals surface area contributed by atoms with Crippen molar-refractivity contribution in [3.8, 4) is 0 Å². The van der Waals surface area contributed by atoms with Crippen LogP contribution in [0.5, 0.6) is 0 Å². The first-order valence-corrected chi connectivity index (χ1v) is 10.7. The quantitative estimate of drug-likeness (QED) is 0.856. The molecule has 0 aliphatic carbocycles. The second-order valence-electron chi connectivity index (χ2n) is 7.01. The molecule has 4 rings (SSSR count). The van der Waals surface area contributed by atoms with Crippen LogP contribution in [0, 0.1) is 0 Å². The van der Waals surface area contributed by atoms with Crippen LogP contribution < -0.4 is 14.5 Å². The molecule has 28 heavy (non-hydrogen) atoms. The summed E-state index contributed by atoms with van der Waals surface area (Å²) in [6.07, 6.45) is 2.02. The first-order chi connectivity index (χ1) is 13.3. The van der Waals surface area contributed by atoms with Gasteiger partial charge in [0.05, 0.1) is 4.90 Å². The highest BCUT2D eigenvalue weighted by Crippen LogP contribution is 2.31. The molecule has 8 heteroatoms. The maximum Gasteiger partial charge on any atom is 0.261 e. The highest BCUT2D eigenvalue weighted by Gasteiger charge is 2.25. The van der Waals surface area contributed by atoms with E-state index in [2.05, 4.69) is 4.72 Å². The summed E-state index contributed by atoms with van der Waals surface area (Å²) < 4.78 is 28.1. The fourth-order valence-electron chi connectivity index (χ4n) is 3.72. The summed E-state index contributed by atoms with van der Waals surface area (Å²) in [5.74, 6) is 0.0372. The molecule has 2 heterocycles. The third kappa shape index (κ3) is 3.35. The number of nitrogens with one attached hydrogen (secondary N) is 1. The number of sulfonamides is 1. The molecule has 0 saturated carbocycles. The van der Waals surface area contributed by atoms with Gasteiger partial charge in [-0.1, -0.05) is 0 Å². The molecular formula is C20H21N3O4S. The molecule has 1 saturated heterocycles. The number of fused-ring (bicyclic) bond motifs is 1. The van der Waals surface area contributed by atoms with E-state index in [-0.39, 0.29) is 16.7 Å². The Morgan fingerprint density at radius 3 is 2.43 bits per heavy atom. The van der Waals surface area contributed by atoms with Gasteiger partial charge >= 0.3 is 0 Å². The molecule has 0 bridgehead atoms. The lowest BCUT2D eigenvalue weighted by Gasteiger charge is -2.17. The maximum absolute atomic E-state index is 12.8. The second-order valence-corrected chi connectivity index (χ2v) is 8.69. The molecule has 0 atom stereocenters. The number of rotatable bonds is 4. The molecular weight excluding hydrogens is 378 g/mol. The monoisotopic (exact) mass is 399 g/mol. The van der Waals surface area contributed by atoms with Crippen LogP contribution in [0.3, 0.4) is 0 Å². The molecule has 0 aromatic heterocycles. The Morgan fingerprint density at radius 2 is 1.79 bits per heavy atom. The number of carbonyl (C=O) groups excluding carboxylic acids is 2. The van der Waals surface area contributed by atoms with Gasteiger partial charge in [0.15, 0.2) is 0 Å². The van der Waals surface area contributed by atoms with Crippen molar-refractivity contribution in [3.05, 3.63) is 48.0 Å².